The van der Waals surface area contributed by atoms with Crippen LogP contribution in [0.4, 0.5) is 10.1 Å². The number of anilines is 1. The first-order chi connectivity index (χ1) is 10.1. The van der Waals surface area contributed by atoms with Crippen LogP contribution in [0.2, 0.25) is 0 Å². The molecule has 2 aromatic rings. The van der Waals surface area contributed by atoms with E-state index in [-0.39, 0.29) is 5.82 Å². The van der Waals surface area contributed by atoms with Crippen molar-refractivity contribution in [3.05, 3.63) is 24.0 Å². The Morgan fingerprint density at radius 3 is 3.00 bits per heavy atom. The minimum absolute atomic E-state index is 0.351. The second-order valence-electron chi connectivity index (χ2n) is 6.05. The van der Waals surface area contributed by atoms with E-state index in [0.717, 1.165) is 12.5 Å². The van der Waals surface area contributed by atoms with Crippen LogP contribution in [0.3, 0.4) is 0 Å². The van der Waals surface area contributed by atoms with Crippen LogP contribution >= 0.6 is 0 Å². The fourth-order valence-corrected chi connectivity index (χ4v) is 3.23. The first-order valence-corrected chi connectivity index (χ1v) is 7.45. The van der Waals surface area contributed by atoms with Crippen molar-refractivity contribution in [1.82, 2.24) is 20.2 Å². The molecule has 1 aliphatic carbocycles. The van der Waals surface area contributed by atoms with E-state index in [1.54, 1.807) is 10.7 Å². The molecule has 1 heterocycles. The van der Waals surface area contributed by atoms with Crippen LogP contribution < -0.4 is 5.73 Å². The van der Waals surface area contributed by atoms with E-state index in [1.807, 2.05) is 0 Å². The Kier molecular flexibility index (Phi) is 3.86. The minimum atomic E-state index is -0.351. The van der Waals surface area contributed by atoms with Crippen molar-refractivity contribution in [2.24, 2.45) is 11.8 Å². The third kappa shape index (κ3) is 3.04. The van der Waals surface area contributed by atoms with Gasteiger partial charge in [-0.25, -0.2) is 9.07 Å². The summed E-state index contributed by atoms with van der Waals surface area (Å²) in [4.78, 5) is 0. The molecule has 0 amide bonds. The largest absolute Gasteiger partial charge is 0.398 e. The predicted molar refractivity (Wildman–Crippen MR) is 78.7 cm³/mol. The maximum atomic E-state index is 13.2. The number of hydrogen-bond acceptors (Lipinski definition) is 4. The number of rotatable bonds is 3. The van der Waals surface area contributed by atoms with Crippen molar-refractivity contribution >= 4 is 5.69 Å². The number of tetrazole rings is 1. The number of aromatic nitrogens is 4. The molecule has 0 saturated heterocycles. The van der Waals surface area contributed by atoms with Crippen molar-refractivity contribution in [1.29, 1.82) is 0 Å². The van der Waals surface area contributed by atoms with Gasteiger partial charge in [0.1, 0.15) is 5.82 Å². The third-order valence-corrected chi connectivity index (χ3v) is 4.26. The molecule has 3 rings (SSSR count). The molecule has 1 aromatic carbocycles. The number of hydrogen-bond donors (Lipinski definition) is 1. The molecule has 21 heavy (non-hydrogen) atoms. The maximum absolute atomic E-state index is 13.2. The van der Waals surface area contributed by atoms with Gasteiger partial charge < -0.3 is 5.73 Å². The molecule has 2 atom stereocenters. The van der Waals surface area contributed by atoms with Crippen LogP contribution in [0.5, 0.6) is 0 Å². The Morgan fingerprint density at radius 2 is 2.24 bits per heavy atom. The smallest absolute Gasteiger partial charge is 0.184 e. The third-order valence-electron chi connectivity index (χ3n) is 4.26. The molecule has 1 aliphatic rings. The van der Waals surface area contributed by atoms with Crippen LogP contribution in [0.1, 0.15) is 32.6 Å². The van der Waals surface area contributed by atoms with Crippen LogP contribution in [-0.2, 0) is 6.54 Å². The highest BCUT2D eigenvalue weighted by Gasteiger charge is 2.22. The second-order valence-corrected chi connectivity index (χ2v) is 6.05. The molecule has 0 radical (unpaired) electrons. The van der Waals surface area contributed by atoms with E-state index in [0.29, 0.717) is 23.0 Å². The molecule has 5 nitrogen and oxygen atoms in total. The zero-order valence-corrected chi connectivity index (χ0v) is 12.2. The van der Waals surface area contributed by atoms with Gasteiger partial charge in [0.25, 0.3) is 0 Å². The van der Waals surface area contributed by atoms with E-state index in [1.165, 1.54) is 37.8 Å². The van der Waals surface area contributed by atoms with Gasteiger partial charge in [0, 0.05) is 17.8 Å². The average molecular weight is 289 g/mol. The molecule has 6 heteroatoms. The van der Waals surface area contributed by atoms with E-state index >= 15 is 0 Å². The summed E-state index contributed by atoms with van der Waals surface area (Å²) in [6.45, 7) is 3.09. The van der Waals surface area contributed by atoms with Gasteiger partial charge in [-0.05, 0) is 53.3 Å². The van der Waals surface area contributed by atoms with Gasteiger partial charge >= 0.3 is 0 Å². The number of halogens is 1. The minimum Gasteiger partial charge on any atom is -0.398 e. The molecule has 1 aromatic heterocycles. The zero-order chi connectivity index (χ0) is 14.8. The number of nitrogens with two attached hydrogens (primary N) is 1. The van der Waals surface area contributed by atoms with Gasteiger partial charge in [0.2, 0.25) is 0 Å². The lowest BCUT2D eigenvalue weighted by atomic mass is 9.82. The number of nitrogen functional groups attached to an aromatic ring is 1. The normalized spacial score (nSPS) is 22.4. The summed E-state index contributed by atoms with van der Waals surface area (Å²) in [5, 5.41) is 11.9. The first-order valence-electron chi connectivity index (χ1n) is 7.45. The van der Waals surface area contributed by atoms with Gasteiger partial charge in [-0.2, -0.15) is 0 Å². The SMILES string of the molecule is CC1CCCC(Cn2nnnc2-c2ccc(F)cc2N)C1. The Hall–Kier alpha value is -1.98. The summed E-state index contributed by atoms with van der Waals surface area (Å²) in [6.07, 6.45) is 4.99. The van der Waals surface area contributed by atoms with Gasteiger partial charge in [-0.15, -0.1) is 5.10 Å². The highest BCUT2D eigenvalue weighted by atomic mass is 19.1. The van der Waals surface area contributed by atoms with Crippen molar-refractivity contribution < 1.29 is 4.39 Å². The highest BCUT2D eigenvalue weighted by molar-refractivity contribution is 5.71. The van der Waals surface area contributed by atoms with Crippen molar-refractivity contribution in [3.8, 4) is 11.4 Å². The van der Waals surface area contributed by atoms with Crippen LogP contribution in [0.15, 0.2) is 18.2 Å². The lowest BCUT2D eigenvalue weighted by molar-refractivity contribution is 0.249. The molecule has 112 valence electrons. The number of nitrogens with zero attached hydrogens (tertiary/aromatic N) is 4. The Balaban J connectivity index is 1.83. The van der Waals surface area contributed by atoms with Crippen LogP contribution in [-0.4, -0.2) is 20.2 Å². The summed E-state index contributed by atoms with van der Waals surface area (Å²) in [5.74, 6) is 1.62. The van der Waals surface area contributed by atoms with Gasteiger partial charge in [-0.3, -0.25) is 0 Å². The van der Waals surface area contributed by atoms with E-state index < -0.39 is 0 Å². The average Bonchev–Trinajstić information content (AvgIpc) is 2.87. The summed E-state index contributed by atoms with van der Waals surface area (Å²) in [7, 11) is 0. The lowest BCUT2D eigenvalue weighted by Gasteiger charge is -2.26. The van der Waals surface area contributed by atoms with Crippen molar-refractivity contribution in [2.75, 3.05) is 5.73 Å². The molecule has 1 fully saturated rings. The molecule has 2 N–H and O–H groups in total. The molecule has 2 unspecified atom stereocenters. The summed E-state index contributed by atoms with van der Waals surface area (Å²) in [6, 6.07) is 4.32. The topological polar surface area (TPSA) is 69.6 Å². The molecule has 0 bridgehead atoms. The molecular weight excluding hydrogens is 269 g/mol. The predicted octanol–water partition coefficient (Wildman–Crippen LogP) is 2.89. The van der Waals surface area contributed by atoms with E-state index in [9.17, 15) is 4.39 Å². The lowest BCUT2D eigenvalue weighted by Crippen LogP contribution is -2.20. The molecular formula is C15H20FN5. The summed E-state index contributed by atoms with van der Waals surface area (Å²) in [5.41, 5.74) is 6.94. The fraction of sp³-hybridized carbons (Fsp3) is 0.533. The number of benzene rings is 1. The monoisotopic (exact) mass is 289 g/mol. The van der Waals surface area contributed by atoms with Crippen molar-refractivity contribution in [2.45, 2.75) is 39.2 Å². The molecule has 0 aliphatic heterocycles. The fourth-order valence-electron chi connectivity index (χ4n) is 3.23. The zero-order valence-electron chi connectivity index (χ0n) is 12.2. The Bertz CT molecular complexity index is 624. The summed E-state index contributed by atoms with van der Waals surface area (Å²) < 4.78 is 15.0. The molecule has 1 saturated carbocycles. The van der Waals surface area contributed by atoms with Gasteiger partial charge in [0.05, 0.1) is 0 Å². The van der Waals surface area contributed by atoms with Gasteiger partial charge in [-0.1, -0.05) is 19.8 Å². The standard InChI is InChI=1S/C15H20FN5/c1-10-3-2-4-11(7-10)9-21-15(18-19-20-21)13-6-5-12(16)8-14(13)17/h5-6,8,10-11H,2-4,7,9,17H2,1H3. The summed E-state index contributed by atoms with van der Waals surface area (Å²) >= 11 is 0. The first kappa shape index (κ1) is 14.0. The van der Waals surface area contributed by atoms with Crippen molar-refractivity contribution in [3.63, 3.8) is 0 Å². The Morgan fingerprint density at radius 1 is 1.38 bits per heavy atom. The van der Waals surface area contributed by atoms with E-state index in [4.69, 9.17) is 5.73 Å². The quantitative estimate of drug-likeness (QED) is 0.882. The highest BCUT2D eigenvalue weighted by Crippen LogP contribution is 2.31. The molecule has 0 spiro atoms. The van der Waals surface area contributed by atoms with Crippen LogP contribution in [0.25, 0.3) is 11.4 Å². The second kappa shape index (κ2) is 5.79. The van der Waals surface area contributed by atoms with Crippen LogP contribution in [0, 0.1) is 17.7 Å². The maximum Gasteiger partial charge on any atom is 0.184 e. The Labute approximate surface area is 123 Å². The van der Waals surface area contributed by atoms with E-state index in [2.05, 4.69) is 22.4 Å². The van der Waals surface area contributed by atoms with Gasteiger partial charge in [0.15, 0.2) is 5.82 Å².